The van der Waals surface area contributed by atoms with Crippen molar-refractivity contribution in [2.24, 2.45) is 0 Å². The Bertz CT molecular complexity index is 299. The van der Waals surface area contributed by atoms with Crippen LogP contribution in [0.25, 0.3) is 0 Å². The maximum absolute atomic E-state index is 9.83. The van der Waals surface area contributed by atoms with E-state index in [2.05, 4.69) is 22.9 Å². The zero-order chi connectivity index (χ0) is 10.6. The van der Waals surface area contributed by atoms with Crippen molar-refractivity contribution in [1.29, 1.82) is 0 Å². The van der Waals surface area contributed by atoms with Crippen molar-refractivity contribution in [3.63, 3.8) is 0 Å². The third-order valence-corrected chi connectivity index (χ3v) is 2.61. The van der Waals surface area contributed by atoms with Gasteiger partial charge in [0.2, 0.25) is 0 Å². The summed E-state index contributed by atoms with van der Waals surface area (Å²) in [5, 5.41) is 9.83. The lowest BCUT2D eigenvalue weighted by molar-refractivity contribution is 0.162. The molecule has 3 heteroatoms. The highest BCUT2D eigenvalue weighted by Crippen LogP contribution is 2.30. The van der Waals surface area contributed by atoms with E-state index >= 15 is 0 Å². The molecular weight excluding hydrogens is 244 g/mol. The summed E-state index contributed by atoms with van der Waals surface area (Å²) in [6.07, 6.45) is 1.29. The summed E-state index contributed by atoms with van der Waals surface area (Å²) >= 11 is 3.36. The first-order valence-corrected chi connectivity index (χ1v) is 5.49. The normalized spacial score (nSPS) is 12.6. The van der Waals surface area contributed by atoms with Crippen LogP contribution in [0.3, 0.4) is 0 Å². The first-order valence-electron chi connectivity index (χ1n) is 4.70. The maximum Gasteiger partial charge on any atom is 0.125 e. The van der Waals surface area contributed by atoms with E-state index in [-0.39, 0.29) is 0 Å². The van der Waals surface area contributed by atoms with Gasteiger partial charge in [-0.3, -0.25) is 0 Å². The predicted octanol–water partition coefficient (Wildman–Crippen LogP) is 3.29. The summed E-state index contributed by atoms with van der Waals surface area (Å²) < 4.78 is 6.16. The van der Waals surface area contributed by atoms with Crippen molar-refractivity contribution in [3.05, 3.63) is 28.2 Å². The lowest BCUT2D eigenvalue weighted by Crippen LogP contribution is -2.00. The van der Waals surface area contributed by atoms with Gasteiger partial charge in [-0.2, -0.15) is 0 Å². The minimum Gasteiger partial charge on any atom is -0.496 e. The highest BCUT2D eigenvalue weighted by atomic mass is 79.9. The number of hydrogen-bond acceptors (Lipinski definition) is 2. The van der Waals surface area contributed by atoms with Crippen LogP contribution in [-0.4, -0.2) is 12.2 Å². The number of hydrogen-bond donors (Lipinski definition) is 1. The van der Waals surface area contributed by atoms with Crippen molar-refractivity contribution in [1.82, 2.24) is 0 Å². The van der Waals surface area contributed by atoms with E-state index in [9.17, 15) is 5.11 Å². The van der Waals surface area contributed by atoms with E-state index in [4.69, 9.17) is 4.74 Å². The predicted molar refractivity (Wildman–Crippen MR) is 60.6 cm³/mol. The number of rotatable bonds is 4. The fraction of sp³-hybridized carbons (Fsp3) is 0.455. The Balaban J connectivity index is 2.95. The molecule has 0 bridgehead atoms. The Kier molecular flexibility index (Phi) is 4.42. The van der Waals surface area contributed by atoms with Crippen LogP contribution >= 0.6 is 15.9 Å². The van der Waals surface area contributed by atoms with Crippen molar-refractivity contribution in [2.45, 2.75) is 25.9 Å². The second kappa shape index (κ2) is 5.37. The maximum atomic E-state index is 9.83. The topological polar surface area (TPSA) is 29.5 Å². The largest absolute Gasteiger partial charge is 0.496 e. The van der Waals surface area contributed by atoms with Gasteiger partial charge in [0.25, 0.3) is 0 Å². The Morgan fingerprint density at radius 1 is 1.50 bits per heavy atom. The SMILES string of the molecule is CCCC(O)c1ccc(Br)cc1OC. The summed E-state index contributed by atoms with van der Waals surface area (Å²) in [5.41, 5.74) is 0.859. The van der Waals surface area contributed by atoms with Gasteiger partial charge in [-0.05, 0) is 18.6 Å². The zero-order valence-electron chi connectivity index (χ0n) is 8.46. The number of aliphatic hydroxyl groups is 1. The van der Waals surface area contributed by atoms with Crippen LogP contribution < -0.4 is 4.74 Å². The summed E-state index contributed by atoms with van der Waals surface area (Å²) in [6.45, 7) is 2.05. The van der Waals surface area contributed by atoms with Crippen molar-refractivity contribution in [2.75, 3.05) is 7.11 Å². The van der Waals surface area contributed by atoms with Crippen molar-refractivity contribution >= 4 is 15.9 Å². The van der Waals surface area contributed by atoms with E-state index in [1.807, 2.05) is 18.2 Å². The van der Waals surface area contributed by atoms with Crippen LogP contribution in [0.2, 0.25) is 0 Å². The summed E-state index contributed by atoms with van der Waals surface area (Å²) in [6, 6.07) is 5.67. The number of halogens is 1. The molecule has 0 saturated carbocycles. The molecular formula is C11H15BrO2. The van der Waals surface area contributed by atoms with Gasteiger partial charge in [0.15, 0.2) is 0 Å². The molecule has 0 saturated heterocycles. The van der Waals surface area contributed by atoms with Gasteiger partial charge >= 0.3 is 0 Å². The quantitative estimate of drug-likeness (QED) is 0.899. The molecule has 2 nitrogen and oxygen atoms in total. The van der Waals surface area contributed by atoms with Crippen LogP contribution in [0.5, 0.6) is 5.75 Å². The lowest BCUT2D eigenvalue weighted by atomic mass is 10.0. The van der Waals surface area contributed by atoms with Crippen LogP contribution in [0.1, 0.15) is 31.4 Å². The van der Waals surface area contributed by atoms with Gasteiger partial charge in [-0.1, -0.05) is 35.3 Å². The fourth-order valence-electron chi connectivity index (χ4n) is 1.39. The van der Waals surface area contributed by atoms with Gasteiger partial charge in [-0.25, -0.2) is 0 Å². The van der Waals surface area contributed by atoms with Crippen LogP contribution in [0.4, 0.5) is 0 Å². The molecule has 1 aromatic carbocycles. The molecule has 0 aliphatic heterocycles. The molecule has 78 valence electrons. The Labute approximate surface area is 93.0 Å². The second-order valence-electron chi connectivity index (χ2n) is 3.19. The monoisotopic (exact) mass is 258 g/mol. The molecule has 14 heavy (non-hydrogen) atoms. The average molecular weight is 259 g/mol. The molecule has 1 unspecified atom stereocenters. The minimum atomic E-state index is -0.428. The zero-order valence-corrected chi connectivity index (χ0v) is 10.0. The second-order valence-corrected chi connectivity index (χ2v) is 4.11. The molecule has 0 aromatic heterocycles. The molecule has 0 heterocycles. The minimum absolute atomic E-state index is 0.428. The molecule has 0 aliphatic rings. The van der Waals surface area contributed by atoms with Crippen LogP contribution in [0, 0.1) is 0 Å². The van der Waals surface area contributed by atoms with E-state index < -0.39 is 6.10 Å². The third kappa shape index (κ3) is 2.72. The first kappa shape index (κ1) is 11.5. The molecule has 0 aliphatic carbocycles. The first-order chi connectivity index (χ1) is 6.69. The number of aliphatic hydroxyl groups excluding tert-OH is 1. The van der Waals surface area contributed by atoms with Gasteiger partial charge in [0.05, 0.1) is 13.2 Å². The Morgan fingerprint density at radius 3 is 2.79 bits per heavy atom. The van der Waals surface area contributed by atoms with E-state index in [0.717, 1.165) is 28.6 Å². The molecule has 0 fully saturated rings. The van der Waals surface area contributed by atoms with Crippen molar-refractivity contribution in [3.8, 4) is 5.75 Å². The van der Waals surface area contributed by atoms with E-state index in [1.165, 1.54) is 0 Å². The third-order valence-electron chi connectivity index (χ3n) is 2.12. The van der Waals surface area contributed by atoms with Gasteiger partial charge < -0.3 is 9.84 Å². The van der Waals surface area contributed by atoms with Gasteiger partial charge in [0.1, 0.15) is 5.75 Å². The molecule has 0 spiro atoms. The molecule has 1 aromatic rings. The molecule has 1 rings (SSSR count). The average Bonchev–Trinajstić information content (AvgIpc) is 2.17. The summed E-state index contributed by atoms with van der Waals surface area (Å²) in [7, 11) is 1.62. The number of ether oxygens (including phenoxy) is 1. The summed E-state index contributed by atoms with van der Waals surface area (Å²) in [5.74, 6) is 0.736. The number of methoxy groups -OCH3 is 1. The Hall–Kier alpha value is -0.540. The molecule has 1 N–H and O–H groups in total. The Morgan fingerprint density at radius 2 is 2.21 bits per heavy atom. The van der Waals surface area contributed by atoms with Gasteiger partial charge in [-0.15, -0.1) is 0 Å². The highest BCUT2D eigenvalue weighted by molar-refractivity contribution is 9.10. The molecule has 1 atom stereocenters. The standard InChI is InChI=1S/C11H15BrO2/c1-3-4-10(13)9-6-5-8(12)7-11(9)14-2/h5-7,10,13H,3-4H2,1-2H3. The summed E-state index contributed by atoms with van der Waals surface area (Å²) in [4.78, 5) is 0. The smallest absolute Gasteiger partial charge is 0.125 e. The fourth-order valence-corrected chi connectivity index (χ4v) is 1.73. The van der Waals surface area contributed by atoms with Crippen LogP contribution in [-0.2, 0) is 0 Å². The number of benzene rings is 1. The molecule has 0 radical (unpaired) electrons. The lowest BCUT2D eigenvalue weighted by Gasteiger charge is -2.14. The van der Waals surface area contributed by atoms with Crippen molar-refractivity contribution < 1.29 is 9.84 Å². The van der Waals surface area contributed by atoms with E-state index in [0.29, 0.717) is 0 Å². The molecule has 0 amide bonds. The van der Waals surface area contributed by atoms with Crippen LogP contribution in [0.15, 0.2) is 22.7 Å². The van der Waals surface area contributed by atoms with Gasteiger partial charge in [0, 0.05) is 10.0 Å². The van der Waals surface area contributed by atoms with E-state index in [1.54, 1.807) is 7.11 Å². The highest BCUT2D eigenvalue weighted by Gasteiger charge is 2.12.